The molecule has 0 radical (unpaired) electrons. The lowest BCUT2D eigenvalue weighted by atomic mass is 10.3. The highest BCUT2D eigenvalue weighted by Crippen LogP contribution is 2.02. The summed E-state index contributed by atoms with van der Waals surface area (Å²) in [5.74, 6) is -0.0199. The average molecular weight is 219 g/mol. The van der Waals surface area contributed by atoms with Gasteiger partial charge in [-0.1, -0.05) is 0 Å². The van der Waals surface area contributed by atoms with Gasteiger partial charge in [-0.3, -0.25) is 4.79 Å². The summed E-state index contributed by atoms with van der Waals surface area (Å²) in [5, 5.41) is 20.5. The minimum Gasteiger partial charge on any atom is -0.391 e. The van der Waals surface area contributed by atoms with Crippen molar-refractivity contribution < 1.29 is 19.5 Å². The maximum atomic E-state index is 10.6. The fourth-order valence-electron chi connectivity index (χ4n) is 1.54. The van der Waals surface area contributed by atoms with Gasteiger partial charge in [-0.25, -0.2) is 0 Å². The van der Waals surface area contributed by atoms with E-state index in [-0.39, 0.29) is 19.1 Å². The van der Waals surface area contributed by atoms with Crippen LogP contribution in [-0.2, 0) is 4.79 Å². The molecule has 5 heteroatoms. The van der Waals surface area contributed by atoms with Gasteiger partial charge in [0.25, 0.3) is 0 Å². The number of hydrogen-bond donors (Lipinski definition) is 3. The molecule has 0 saturated heterocycles. The van der Waals surface area contributed by atoms with E-state index in [0.29, 0.717) is 24.1 Å². The molecule has 0 heterocycles. The fraction of sp³-hybridized carbons (Fsp3) is 0.900. The number of carbonyl (C=O) groups is 1. The first-order chi connectivity index (χ1) is 7.04. The predicted molar refractivity (Wildman–Crippen MR) is 58.3 cm³/mol. The first kappa shape index (κ1) is 14.3. The Balaban J connectivity index is 3.79. The van der Waals surface area contributed by atoms with Gasteiger partial charge in [0.2, 0.25) is 5.91 Å². The number of amides is 1. The Labute approximate surface area is 91.3 Å². The summed E-state index contributed by atoms with van der Waals surface area (Å²) in [6, 6.07) is 0. The largest absolute Gasteiger partial charge is 0.391 e. The van der Waals surface area contributed by atoms with Gasteiger partial charge in [-0.05, 0) is 0 Å². The Hall–Kier alpha value is -0.650. The molecular formula is C10H23N2O3+. The minimum atomic E-state index is -0.0199. The molecule has 0 rings (SSSR count). The van der Waals surface area contributed by atoms with E-state index in [2.05, 4.69) is 5.32 Å². The first-order valence-electron chi connectivity index (χ1n) is 5.34. The number of nitrogens with one attached hydrogen (secondary N) is 1. The number of aliphatic hydroxyl groups excluding tert-OH is 2. The van der Waals surface area contributed by atoms with Gasteiger partial charge in [0.05, 0.1) is 26.8 Å². The van der Waals surface area contributed by atoms with E-state index in [0.717, 1.165) is 13.0 Å². The molecule has 0 aliphatic rings. The molecule has 0 aromatic carbocycles. The zero-order chi connectivity index (χ0) is 11.7. The predicted octanol–water partition coefficient (Wildman–Crippen LogP) is -1.06. The monoisotopic (exact) mass is 219 g/mol. The molecule has 0 atom stereocenters. The molecular weight excluding hydrogens is 196 g/mol. The zero-order valence-electron chi connectivity index (χ0n) is 9.70. The highest BCUT2D eigenvalue weighted by Gasteiger charge is 2.19. The lowest BCUT2D eigenvalue weighted by Gasteiger charge is -2.33. The van der Waals surface area contributed by atoms with Gasteiger partial charge in [0.15, 0.2) is 0 Å². The first-order valence-corrected chi connectivity index (χ1v) is 5.34. The second-order valence-corrected chi connectivity index (χ2v) is 4.07. The number of quaternary nitrogens is 1. The van der Waals surface area contributed by atoms with Crippen LogP contribution < -0.4 is 5.32 Å². The van der Waals surface area contributed by atoms with Crippen molar-refractivity contribution in [3.05, 3.63) is 0 Å². The van der Waals surface area contributed by atoms with Crippen LogP contribution in [0.3, 0.4) is 0 Å². The van der Waals surface area contributed by atoms with Gasteiger partial charge >= 0.3 is 0 Å². The molecule has 0 unspecified atom stereocenters. The van der Waals surface area contributed by atoms with Crippen LogP contribution in [0.15, 0.2) is 0 Å². The highest BCUT2D eigenvalue weighted by molar-refractivity contribution is 5.72. The van der Waals surface area contributed by atoms with Gasteiger partial charge in [0.1, 0.15) is 13.1 Å². The third kappa shape index (κ3) is 7.30. The zero-order valence-corrected chi connectivity index (χ0v) is 9.70. The Morgan fingerprint density at radius 1 is 1.20 bits per heavy atom. The Kier molecular flexibility index (Phi) is 7.29. The van der Waals surface area contributed by atoms with Crippen molar-refractivity contribution in [3.8, 4) is 0 Å². The maximum absolute atomic E-state index is 10.6. The number of hydrogen-bond acceptors (Lipinski definition) is 3. The molecule has 0 aromatic heterocycles. The van der Waals surface area contributed by atoms with E-state index in [1.165, 1.54) is 6.92 Å². The summed E-state index contributed by atoms with van der Waals surface area (Å²) in [6.45, 7) is 4.52. The molecule has 90 valence electrons. The van der Waals surface area contributed by atoms with Crippen molar-refractivity contribution in [1.82, 2.24) is 5.32 Å². The standard InChI is InChI=1S/C10H22N2O3/c1-10(15)11-4-3-5-12(2,6-8-13)7-9-14/h13-14H,3-9H2,1-2H3/p+1. The van der Waals surface area contributed by atoms with E-state index < -0.39 is 0 Å². The summed E-state index contributed by atoms with van der Waals surface area (Å²) >= 11 is 0. The van der Waals surface area contributed by atoms with Crippen LogP contribution in [0.1, 0.15) is 13.3 Å². The number of likely N-dealkylation sites (N-methyl/N-ethyl adjacent to an activating group) is 1. The topological polar surface area (TPSA) is 69.6 Å². The van der Waals surface area contributed by atoms with Crippen LogP contribution in [0.5, 0.6) is 0 Å². The molecule has 0 aliphatic heterocycles. The molecule has 1 amide bonds. The minimum absolute atomic E-state index is 0.0199. The van der Waals surface area contributed by atoms with Crippen LogP contribution in [0.25, 0.3) is 0 Å². The third-order valence-corrected chi connectivity index (χ3v) is 2.53. The Bertz CT molecular complexity index is 180. The smallest absolute Gasteiger partial charge is 0.216 e. The quantitative estimate of drug-likeness (QED) is 0.360. The molecule has 0 spiro atoms. The van der Waals surface area contributed by atoms with E-state index in [4.69, 9.17) is 10.2 Å². The van der Waals surface area contributed by atoms with Crippen molar-refractivity contribution in [1.29, 1.82) is 0 Å². The van der Waals surface area contributed by atoms with Crippen molar-refractivity contribution in [2.75, 3.05) is 46.4 Å². The summed E-state index contributed by atoms with van der Waals surface area (Å²) in [7, 11) is 2.00. The van der Waals surface area contributed by atoms with E-state index in [1.54, 1.807) is 0 Å². The van der Waals surface area contributed by atoms with Gasteiger partial charge in [-0.2, -0.15) is 0 Å². The van der Waals surface area contributed by atoms with Gasteiger partial charge in [0, 0.05) is 19.9 Å². The molecule has 0 fully saturated rings. The van der Waals surface area contributed by atoms with Crippen molar-refractivity contribution in [3.63, 3.8) is 0 Å². The van der Waals surface area contributed by atoms with E-state index in [1.807, 2.05) is 7.05 Å². The molecule has 15 heavy (non-hydrogen) atoms. The summed E-state index contributed by atoms with van der Waals surface area (Å²) in [5.41, 5.74) is 0. The second-order valence-electron chi connectivity index (χ2n) is 4.07. The van der Waals surface area contributed by atoms with E-state index in [9.17, 15) is 4.79 Å². The molecule has 0 saturated carbocycles. The van der Waals surface area contributed by atoms with Crippen molar-refractivity contribution in [2.24, 2.45) is 0 Å². The lowest BCUT2D eigenvalue weighted by Crippen LogP contribution is -2.49. The van der Waals surface area contributed by atoms with Crippen LogP contribution in [0.2, 0.25) is 0 Å². The van der Waals surface area contributed by atoms with Crippen LogP contribution in [0.4, 0.5) is 0 Å². The van der Waals surface area contributed by atoms with Crippen LogP contribution >= 0.6 is 0 Å². The fourth-order valence-corrected chi connectivity index (χ4v) is 1.54. The highest BCUT2D eigenvalue weighted by atomic mass is 16.3. The van der Waals surface area contributed by atoms with Crippen LogP contribution in [-0.4, -0.2) is 67.0 Å². The number of nitrogens with zero attached hydrogens (tertiary/aromatic N) is 1. The third-order valence-electron chi connectivity index (χ3n) is 2.53. The number of carbonyl (C=O) groups excluding carboxylic acids is 1. The second kappa shape index (κ2) is 7.62. The van der Waals surface area contributed by atoms with Crippen LogP contribution in [0, 0.1) is 0 Å². The SMILES string of the molecule is CC(=O)NCCC[N+](C)(CCO)CCO. The molecule has 0 aliphatic carbocycles. The van der Waals surface area contributed by atoms with Crippen molar-refractivity contribution in [2.45, 2.75) is 13.3 Å². The Morgan fingerprint density at radius 3 is 2.13 bits per heavy atom. The molecule has 5 nitrogen and oxygen atoms in total. The number of aliphatic hydroxyl groups is 2. The molecule has 0 bridgehead atoms. The normalized spacial score (nSPS) is 11.5. The maximum Gasteiger partial charge on any atom is 0.216 e. The van der Waals surface area contributed by atoms with Crippen molar-refractivity contribution >= 4 is 5.91 Å². The van der Waals surface area contributed by atoms with E-state index >= 15 is 0 Å². The Morgan fingerprint density at radius 2 is 1.73 bits per heavy atom. The molecule has 3 N–H and O–H groups in total. The van der Waals surface area contributed by atoms with Gasteiger partial charge in [-0.15, -0.1) is 0 Å². The molecule has 0 aromatic rings. The lowest BCUT2D eigenvalue weighted by molar-refractivity contribution is -0.910. The summed E-state index contributed by atoms with van der Waals surface area (Å²) < 4.78 is 0.645. The number of rotatable bonds is 8. The van der Waals surface area contributed by atoms with Gasteiger partial charge < -0.3 is 20.0 Å². The average Bonchev–Trinajstić information content (AvgIpc) is 2.13. The summed E-state index contributed by atoms with van der Waals surface area (Å²) in [4.78, 5) is 10.6. The summed E-state index contributed by atoms with van der Waals surface area (Å²) in [6.07, 6.45) is 0.857.